The smallest absolute Gasteiger partial charge is 0.151 e. The summed E-state index contributed by atoms with van der Waals surface area (Å²) < 4.78 is 30.1. The average molecular weight is 374 g/mol. The Morgan fingerprint density at radius 1 is 1.11 bits per heavy atom. The predicted molar refractivity (Wildman–Crippen MR) is 95.9 cm³/mol. The molecule has 2 aromatic heterocycles. The van der Waals surface area contributed by atoms with Crippen LogP contribution in [-0.4, -0.2) is 30.9 Å². The highest BCUT2D eigenvalue weighted by Crippen LogP contribution is 2.39. The molecule has 142 valence electrons. The first-order valence-electron chi connectivity index (χ1n) is 8.89. The Hall–Kier alpha value is -2.58. The first-order chi connectivity index (χ1) is 13.0. The number of fused-ring (bicyclic) bond motifs is 1. The van der Waals surface area contributed by atoms with Crippen LogP contribution in [-0.2, 0) is 6.61 Å². The van der Waals surface area contributed by atoms with Gasteiger partial charge in [0, 0.05) is 22.7 Å². The zero-order valence-electron chi connectivity index (χ0n) is 14.6. The van der Waals surface area contributed by atoms with Crippen LogP contribution in [0, 0.1) is 11.6 Å². The van der Waals surface area contributed by atoms with Gasteiger partial charge in [-0.3, -0.25) is 0 Å². The van der Waals surface area contributed by atoms with E-state index in [9.17, 15) is 13.9 Å². The summed E-state index contributed by atoms with van der Waals surface area (Å²) in [6.07, 6.45) is 4.04. The first-order valence-corrected chi connectivity index (χ1v) is 8.89. The van der Waals surface area contributed by atoms with Gasteiger partial charge in [0.15, 0.2) is 5.82 Å². The second kappa shape index (κ2) is 6.86. The topological polar surface area (TPSA) is 96.7 Å². The Labute approximate surface area is 154 Å². The lowest BCUT2D eigenvalue weighted by atomic mass is 9.85. The van der Waals surface area contributed by atoms with Crippen molar-refractivity contribution in [3.63, 3.8) is 0 Å². The lowest BCUT2D eigenvalue weighted by Gasteiger charge is -2.24. The molecule has 0 unspecified atom stereocenters. The molecule has 1 fully saturated rings. The highest BCUT2D eigenvalue weighted by Gasteiger charge is 2.26. The molecule has 0 saturated heterocycles. The third kappa shape index (κ3) is 3.04. The number of aromatic nitrogens is 3. The van der Waals surface area contributed by atoms with Gasteiger partial charge in [-0.25, -0.2) is 18.3 Å². The molecule has 0 radical (unpaired) electrons. The minimum Gasteiger partial charge on any atom is -0.393 e. The largest absolute Gasteiger partial charge is 0.393 e. The molecular formula is C19H20F2N4O2. The van der Waals surface area contributed by atoms with Gasteiger partial charge in [-0.2, -0.15) is 5.10 Å². The van der Waals surface area contributed by atoms with Gasteiger partial charge in [0.05, 0.1) is 12.7 Å². The number of halogens is 2. The van der Waals surface area contributed by atoms with Crippen molar-refractivity contribution < 1.29 is 19.0 Å². The molecule has 0 bridgehead atoms. The standard InChI is InChI=1S/C19H20F2N4O2/c20-15-5-11(6-16(21)14(15)8-26)13-7-17(10-1-3-12(27)4-2-10)25-18(13)19(22)23-9-24-25/h5-7,9-10,12,26-27H,1-4,8H2,(H2,22,23,24)/t10-,12-. The minimum absolute atomic E-state index is 0.162. The minimum atomic E-state index is -0.815. The summed E-state index contributed by atoms with van der Waals surface area (Å²) >= 11 is 0. The fraction of sp³-hybridized carbons (Fsp3) is 0.368. The van der Waals surface area contributed by atoms with Crippen LogP contribution < -0.4 is 5.73 Å². The molecule has 6 nitrogen and oxygen atoms in total. The van der Waals surface area contributed by atoms with Gasteiger partial charge in [0.1, 0.15) is 23.5 Å². The molecule has 27 heavy (non-hydrogen) atoms. The molecule has 1 aromatic carbocycles. The Balaban J connectivity index is 1.89. The van der Waals surface area contributed by atoms with E-state index in [2.05, 4.69) is 10.1 Å². The maximum absolute atomic E-state index is 14.2. The Morgan fingerprint density at radius 3 is 2.41 bits per heavy atom. The number of anilines is 1. The van der Waals surface area contributed by atoms with Gasteiger partial charge in [0.2, 0.25) is 0 Å². The monoisotopic (exact) mass is 374 g/mol. The van der Waals surface area contributed by atoms with E-state index < -0.39 is 18.2 Å². The lowest BCUT2D eigenvalue weighted by molar-refractivity contribution is 0.121. The number of aliphatic hydroxyl groups excluding tert-OH is 2. The summed E-state index contributed by atoms with van der Waals surface area (Å²) in [6, 6.07) is 4.21. The maximum Gasteiger partial charge on any atom is 0.151 e. The highest BCUT2D eigenvalue weighted by molar-refractivity contribution is 5.88. The Morgan fingerprint density at radius 2 is 1.78 bits per heavy atom. The summed E-state index contributed by atoms with van der Waals surface area (Å²) in [5.41, 5.74) is 7.91. The molecule has 2 heterocycles. The van der Waals surface area contributed by atoms with Crippen LogP contribution in [0.4, 0.5) is 14.6 Å². The number of nitrogens with zero attached hydrogens (tertiary/aromatic N) is 3. The molecule has 0 atom stereocenters. The molecule has 0 amide bonds. The molecule has 4 rings (SSSR count). The summed E-state index contributed by atoms with van der Waals surface area (Å²) in [5, 5.41) is 23.2. The van der Waals surface area contributed by atoms with E-state index in [1.807, 2.05) is 6.07 Å². The van der Waals surface area contributed by atoms with Crippen molar-refractivity contribution in [1.82, 2.24) is 14.6 Å². The van der Waals surface area contributed by atoms with E-state index in [0.717, 1.165) is 18.5 Å². The van der Waals surface area contributed by atoms with Crippen molar-refractivity contribution in [2.24, 2.45) is 0 Å². The summed E-state index contributed by atoms with van der Waals surface area (Å²) in [4.78, 5) is 4.02. The zero-order valence-corrected chi connectivity index (χ0v) is 14.6. The molecule has 0 aliphatic heterocycles. The number of nitrogen functional groups attached to an aromatic ring is 1. The first kappa shape index (κ1) is 17.8. The normalized spacial score (nSPS) is 20.3. The van der Waals surface area contributed by atoms with Crippen molar-refractivity contribution in [3.8, 4) is 11.1 Å². The van der Waals surface area contributed by atoms with E-state index >= 15 is 0 Å². The SMILES string of the molecule is Nc1ncnn2c1c(-c1cc(F)c(CO)c(F)c1)cc2[C@H]1CC[C@H](O)CC1. The number of hydrogen-bond donors (Lipinski definition) is 3. The van der Waals surface area contributed by atoms with E-state index in [1.165, 1.54) is 18.5 Å². The van der Waals surface area contributed by atoms with Crippen LogP contribution in [0.3, 0.4) is 0 Å². The maximum atomic E-state index is 14.2. The van der Waals surface area contributed by atoms with E-state index in [-0.39, 0.29) is 23.4 Å². The fourth-order valence-electron chi connectivity index (χ4n) is 3.88. The fourth-order valence-corrected chi connectivity index (χ4v) is 3.88. The zero-order chi connectivity index (χ0) is 19.1. The molecule has 4 N–H and O–H groups in total. The molecule has 0 spiro atoms. The van der Waals surface area contributed by atoms with Crippen molar-refractivity contribution in [1.29, 1.82) is 0 Å². The third-order valence-electron chi connectivity index (χ3n) is 5.34. The van der Waals surface area contributed by atoms with Crippen LogP contribution >= 0.6 is 0 Å². The Bertz CT molecular complexity index is 974. The number of benzene rings is 1. The van der Waals surface area contributed by atoms with Gasteiger partial charge in [-0.1, -0.05) is 0 Å². The van der Waals surface area contributed by atoms with Crippen molar-refractivity contribution in [2.75, 3.05) is 5.73 Å². The van der Waals surface area contributed by atoms with E-state index in [4.69, 9.17) is 10.8 Å². The number of nitrogens with two attached hydrogens (primary N) is 1. The second-order valence-corrected chi connectivity index (χ2v) is 6.97. The quantitative estimate of drug-likeness (QED) is 0.655. The van der Waals surface area contributed by atoms with E-state index in [0.29, 0.717) is 29.5 Å². The lowest BCUT2D eigenvalue weighted by Crippen LogP contribution is -2.18. The molecule has 8 heteroatoms. The van der Waals surface area contributed by atoms with Crippen LogP contribution in [0.2, 0.25) is 0 Å². The van der Waals surface area contributed by atoms with Gasteiger partial charge < -0.3 is 15.9 Å². The second-order valence-electron chi connectivity index (χ2n) is 6.97. The molecule has 1 aliphatic carbocycles. The number of hydrogen-bond acceptors (Lipinski definition) is 5. The van der Waals surface area contributed by atoms with Crippen LogP contribution in [0.1, 0.15) is 42.9 Å². The summed E-state index contributed by atoms with van der Waals surface area (Å²) in [5.74, 6) is -1.25. The van der Waals surface area contributed by atoms with Crippen LogP contribution in [0.5, 0.6) is 0 Å². The van der Waals surface area contributed by atoms with Crippen molar-refractivity contribution in [3.05, 3.63) is 47.4 Å². The molecule has 1 saturated carbocycles. The Kier molecular flexibility index (Phi) is 4.53. The van der Waals surface area contributed by atoms with Crippen molar-refractivity contribution >= 4 is 11.3 Å². The van der Waals surface area contributed by atoms with E-state index in [1.54, 1.807) is 4.52 Å². The highest BCUT2D eigenvalue weighted by atomic mass is 19.1. The third-order valence-corrected chi connectivity index (χ3v) is 5.34. The number of aliphatic hydroxyl groups is 2. The van der Waals surface area contributed by atoms with Crippen molar-refractivity contribution in [2.45, 2.75) is 44.3 Å². The predicted octanol–water partition coefficient (Wildman–Crippen LogP) is 2.77. The van der Waals surface area contributed by atoms with Crippen LogP contribution in [0.25, 0.3) is 16.6 Å². The van der Waals surface area contributed by atoms with Gasteiger partial charge in [-0.15, -0.1) is 0 Å². The average Bonchev–Trinajstić information content (AvgIpc) is 3.03. The molecular weight excluding hydrogens is 354 g/mol. The number of rotatable bonds is 3. The molecule has 1 aliphatic rings. The summed E-state index contributed by atoms with van der Waals surface area (Å²) in [7, 11) is 0. The molecule has 3 aromatic rings. The van der Waals surface area contributed by atoms with Gasteiger partial charge >= 0.3 is 0 Å². The van der Waals surface area contributed by atoms with Crippen LogP contribution in [0.15, 0.2) is 24.5 Å². The summed E-state index contributed by atoms with van der Waals surface area (Å²) in [6.45, 7) is -0.713. The van der Waals surface area contributed by atoms with Gasteiger partial charge in [-0.05, 0) is 49.4 Å². The van der Waals surface area contributed by atoms with Gasteiger partial charge in [0.25, 0.3) is 0 Å².